The number of benzene rings is 2. The van der Waals surface area contributed by atoms with Crippen LogP contribution in [0.4, 0.5) is 0 Å². The first-order valence-electron chi connectivity index (χ1n) is 7.62. The van der Waals surface area contributed by atoms with Crippen molar-refractivity contribution in [1.82, 2.24) is 0 Å². The van der Waals surface area contributed by atoms with Crippen LogP contribution in [0.25, 0.3) is 0 Å². The van der Waals surface area contributed by atoms with E-state index in [9.17, 15) is 5.11 Å². The summed E-state index contributed by atoms with van der Waals surface area (Å²) in [5.41, 5.74) is 8.19. The molecule has 2 aromatic carbocycles. The van der Waals surface area contributed by atoms with Crippen LogP contribution in [0, 0.1) is 0 Å². The average molecular weight is 315 g/mol. The molecule has 118 valence electrons. The number of hydrogen-bond acceptors (Lipinski definition) is 3. The van der Waals surface area contributed by atoms with Gasteiger partial charge in [-0.05, 0) is 42.9 Å². The Morgan fingerprint density at radius 3 is 2.14 bits per heavy atom. The number of aliphatic hydroxyl groups excluding tert-OH is 1. The van der Waals surface area contributed by atoms with Crippen molar-refractivity contribution in [2.75, 3.05) is 0 Å². The standard InChI is InChI=1S/C18H25NO2Si/c1-22(2,3)21-16-11-9-15(10-12-16)18(19)17(20)13-14-7-5-4-6-8-14/h4-12,17-18,20H,13,19H2,1-3H3/t17-,18+/m1/s1. The molecule has 0 aliphatic rings. The molecule has 0 saturated carbocycles. The van der Waals surface area contributed by atoms with Gasteiger partial charge in [-0.3, -0.25) is 0 Å². The molecule has 0 bridgehead atoms. The monoisotopic (exact) mass is 315 g/mol. The second-order valence-corrected chi connectivity index (χ2v) is 11.0. The molecular weight excluding hydrogens is 290 g/mol. The van der Waals surface area contributed by atoms with Crippen molar-refractivity contribution in [2.45, 2.75) is 38.2 Å². The van der Waals surface area contributed by atoms with Crippen LogP contribution in [-0.2, 0) is 6.42 Å². The van der Waals surface area contributed by atoms with Crippen LogP contribution >= 0.6 is 0 Å². The molecule has 2 rings (SSSR count). The highest BCUT2D eigenvalue weighted by Crippen LogP contribution is 2.22. The van der Waals surface area contributed by atoms with E-state index in [0.717, 1.165) is 16.9 Å². The second kappa shape index (κ2) is 7.09. The van der Waals surface area contributed by atoms with E-state index in [2.05, 4.69) is 19.6 Å². The first kappa shape index (κ1) is 16.7. The Kier molecular flexibility index (Phi) is 5.40. The Labute approximate surface area is 133 Å². The Morgan fingerprint density at radius 2 is 1.59 bits per heavy atom. The van der Waals surface area contributed by atoms with E-state index in [0.29, 0.717) is 6.42 Å². The maximum absolute atomic E-state index is 10.3. The molecule has 0 spiro atoms. The molecule has 3 nitrogen and oxygen atoms in total. The molecule has 4 heteroatoms. The lowest BCUT2D eigenvalue weighted by molar-refractivity contribution is 0.145. The molecule has 2 aromatic rings. The third-order valence-corrected chi connectivity index (χ3v) is 4.24. The first-order chi connectivity index (χ1) is 10.3. The van der Waals surface area contributed by atoms with Gasteiger partial charge in [-0.2, -0.15) is 0 Å². The van der Waals surface area contributed by atoms with E-state index in [1.54, 1.807) is 0 Å². The first-order valence-corrected chi connectivity index (χ1v) is 11.0. The van der Waals surface area contributed by atoms with Crippen molar-refractivity contribution < 1.29 is 9.53 Å². The Morgan fingerprint density at radius 1 is 1.00 bits per heavy atom. The zero-order valence-corrected chi connectivity index (χ0v) is 14.5. The number of rotatable bonds is 6. The Hall–Kier alpha value is -1.62. The van der Waals surface area contributed by atoms with E-state index >= 15 is 0 Å². The van der Waals surface area contributed by atoms with Crippen molar-refractivity contribution >= 4 is 8.32 Å². The SMILES string of the molecule is C[Si](C)(C)Oc1ccc([C@H](N)[C@H](O)Cc2ccccc2)cc1. The van der Waals surface area contributed by atoms with Crippen LogP contribution in [0.3, 0.4) is 0 Å². The Bertz CT molecular complexity index is 578. The summed E-state index contributed by atoms with van der Waals surface area (Å²) >= 11 is 0. The molecule has 0 aromatic heterocycles. The molecule has 0 saturated heterocycles. The van der Waals surface area contributed by atoms with Crippen LogP contribution in [0.2, 0.25) is 19.6 Å². The van der Waals surface area contributed by atoms with Crippen LogP contribution in [0.1, 0.15) is 17.2 Å². The highest BCUT2D eigenvalue weighted by Gasteiger charge is 2.19. The summed E-state index contributed by atoms with van der Waals surface area (Å²) in [6, 6.07) is 17.2. The van der Waals surface area contributed by atoms with Crippen LogP contribution in [0.15, 0.2) is 54.6 Å². The lowest BCUT2D eigenvalue weighted by Gasteiger charge is -2.22. The van der Waals surface area contributed by atoms with Crippen molar-refractivity contribution in [1.29, 1.82) is 0 Å². The summed E-state index contributed by atoms with van der Waals surface area (Å²) in [6.45, 7) is 6.45. The van der Waals surface area contributed by atoms with E-state index in [-0.39, 0.29) is 0 Å². The molecule has 0 aliphatic carbocycles. The van der Waals surface area contributed by atoms with Gasteiger partial charge in [-0.25, -0.2) is 0 Å². The maximum Gasteiger partial charge on any atom is 0.242 e. The zero-order chi connectivity index (χ0) is 16.2. The fraction of sp³-hybridized carbons (Fsp3) is 0.333. The van der Waals surface area contributed by atoms with Crippen molar-refractivity contribution in [3.05, 3.63) is 65.7 Å². The summed E-state index contributed by atoms with van der Waals surface area (Å²) in [6.07, 6.45) is -0.0547. The highest BCUT2D eigenvalue weighted by molar-refractivity contribution is 6.70. The van der Waals surface area contributed by atoms with Crippen LogP contribution in [0.5, 0.6) is 5.75 Å². The third kappa shape index (κ3) is 4.98. The van der Waals surface area contributed by atoms with E-state index in [1.807, 2.05) is 54.6 Å². The van der Waals surface area contributed by atoms with Gasteiger partial charge in [0.2, 0.25) is 8.32 Å². The van der Waals surface area contributed by atoms with Crippen LogP contribution in [-0.4, -0.2) is 19.5 Å². The number of nitrogens with two attached hydrogens (primary N) is 1. The summed E-state index contributed by atoms with van der Waals surface area (Å²) < 4.78 is 5.93. The molecule has 22 heavy (non-hydrogen) atoms. The summed E-state index contributed by atoms with van der Waals surface area (Å²) in [5, 5.41) is 10.3. The fourth-order valence-electron chi connectivity index (χ4n) is 2.32. The summed E-state index contributed by atoms with van der Waals surface area (Å²) in [7, 11) is -1.60. The minimum absolute atomic E-state index is 0.402. The largest absolute Gasteiger partial charge is 0.544 e. The molecule has 0 radical (unpaired) electrons. The highest BCUT2D eigenvalue weighted by atomic mass is 28.4. The van der Waals surface area contributed by atoms with Gasteiger partial charge in [-0.15, -0.1) is 0 Å². The second-order valence-electron chi connectivity index (χ2n) is 6.57. The normalized spacial score (nSPS) is 14.4. The predicted octanol–water partition coefficient (Wildman–Crippen LogP) is 3.50. The van der Waals surface area contributed by atoms with Gasteiger partial charge in [0.1, 0.15) is 5.75 Å². The zero-order valence-electron chi connectivity index (χ0n) is 13.5. The van der Waals surface area contributed by atoms with Gasteiger partial charge in [0, 0.05) is 6.42 Å². The van der Waals surface area contributed by atoms with E-state index < -0.39 is 20.5 Å². The lowest BCUT2D eigenvalue weighted by Crippen LogP contribution is -2.29. The summed E-state index contributed by atoms with van der Waals surface area (Å²) in [5.74, 6) is 0.868. The Balaban J connectivity index is 2.01. The summed E-state index contributed by atoms with van der Waals surface area (Å²) in [4.78, 5) is 0. The molecule has 2 atom stereocenters. The fourth-order valence-corrected chi connectivity index (χ4v) is 3.16. The van der Waals surface area contributed by atoms with Gasteiger partial charge in [0.15, 0.2) is 0 Å². The molecule has 0 unspecified atom stereocenters. The lowest BCUT2D eigenvalue weighted by atomic mass is 9.97. The van der Waals surface area contributed by atoms with Crippen LogP contribution < -0.4 is 10.2 Å². The van der Waals surface area contributed by atoms with E-state index in [4.69, 9.17) is 10.2 Å². The quantitative estimate of drug-likeness (QED) is 0.802. The van der Waals surface area contributed by atoms with Gasteiger partial charge >= 0.3 is 0 Å². The number of aliphatic hydroxyl groups is 1. The molecule has 3 N–H and O–H groups in total. The third-order valence-electron chi connectivity index (χ3n) is 3.39. The topological polar surface area (TPSA) is 55.5 Å². The molecule has 0 heterocycles. The van der Waals surface area contributed by atoms with Crippen molar-refractivity contribution in [3.8, 4) is 5.75 Å². The van der Waals surface area contributed by atoms with Crippen molar-refractivity contribution in [2.24, 2.45) is 5.73 Å². The molecule has 0 fully saturated rings. The van der Waals surface area contributed by atoms with E-state index in [1.165, 1.54) is 0 Å². The maximum atomic E-state index is 10.3. The minimum Gasteiger partial charge on any atom is -0.544 e. The van der Waals surface area contributed by atoms with Gasteiger partial charge in [0.25, 0.3) is 0 Å². The van der Waals surface area contributed by atoms with Crippen molar-refractivity contribution in [3.63, 3.8) is 0 Å². The predicted molar refractivity (Wildman–Crippen MR) is 93.5 cm³/mol. The molecular formula is C18H25NO2Si. The number of hydrogen-bond donors (Lipinski definition) is 2. The minimum atomic E-state index is -1.60. The molecule has 0 amide bonds. The smallest absolute Gasteiger partial charge is 0.242 e. The van der Waals surface area contributed by atoms with Gasteiger partial charge in [0.05, 0.1) is 12.1 Å². The van der Waals surface area contributed by atoms with Gasteiger partial charge < -0.3 is 15.3 Å². The van der Waals surface area contributed by atoms with Gasteiger partial charge in [-0.1, -0.05) is 42.5 Å². The average Bonchev–Trinajstić information content (AvgIpc) is 2.46. The molecule has 0 aliphatic heterocycles.